The fourth-order valence-electron chi connectivity index (χ4n) is 2.36. The van der Waals surface area contributed by atoms with E-state index in [0.717, 1.165) is 18.4 Å². The van der Waals surface area contributed by atoms with E-state index in [9.17, 15) is 14.7 Å². The molecule has 0 aromatic heterocycles. The summed E-state index contributed by atoms with van der Waals surface area (Å²) < 4.78 is 10.5. The third-order valence-electron chi connectivity index (χ3n) is 4.12. The summed E-state index contributed by atoms with van der Waals surface area (Å²) in [5, 5.41) is 11.9. The van der Waals surface area contributed by atoms with Crippen LogP contribution >= 0.6 is 0 Å². The molecule has 0 aliphatic rings. The summed E-state index contributed by atoms with van der Waals surface area (Å²) in [6.45, 7) is 5.49. The number of ether oxygens (including phenoxy) is 2. The Morgan fingerprint density at radius 1 is 1.21 bits per heavy atom. The Labute approximate surface area is 143 Å². The van der Waals surface area contributed by atoms with Gasteiger partial charge in [-0.2, -0.15) is 0 Å². The number of nitrogens with one attached hydrogen (secondary N) is 1. The predicted molar refractivity (Wildman–Crippen MR) is 91.7 cm³/mol. The Kier molecular flexibility index (Phi) is 7.07. The zero-order valence-electron chi connectivity index (χ0n) is 15.0. The molecule has 1 aromatic rings. The molecule has 0 spiro atoms. The van der Waals surface area contributed by atoms with Gasteiger partial charge in [0, 0.05) is 0 Å². The number of hydrogen-bond donors (Lipinski definition) is 2. The molecular formula is C18H27NO5. The summed E-state index contributed by atoms with van der Waals surface area (Å²) in [7, 11) is 3.07. The van der Waals surface area contributed by atoms with Crippen LogP contribution in [0.3, 0.4) is 0 Å². The first-order valence-corrected chi connectivity index (χ1v) is 8.04. The van der Waals surface area contributed by atoms with E-state index in [-0.39, 0.29) is 5.91 Å². The van der Waals surface area contributed by atoms with Gasteiger partial charge >= 0.3 is 5.97 Å². The van der Waals surface area contributed by atoms with Crippen molar-refractivity contribution in [2.45, 2.75) is 51.5 Å². The number of unbranched alkanes of at least 4 members (excludes halogenated alkanes) is 1. The van der Waals surface area contributed by atoms with E-state index in [0.29, 0.717) is 17.9 Å². The molecule has 6 heteroatoms. The minimum absolute atomic E-state index is 0.335. The van der Waals surface area contributed by atoms with Crippen LogP contribution in [0.25, 0.3) is 0 Å². The van der Waals surface area contributed by atoms with Crippen molar-refractivity contribution in [2.75, 3.05) is 14.2 Å². The number of benzene rings is 1. The Hall–Kier alpha value is -2.24. The second-order valence-corrected chi connectivity index (χ2v) is 6.20. The van der Waals surface area contributed by atoms with E-state index in [4.69, 9.17) is 9.47 Å². The Bertz CT molecular complexity index is 583. The Balaban J connectivity index is 3.00. The van der Waals surface area contributed by atoms with Gasteiger partial charge in [-0.1, -0.05) is 25.8 Å². The summed E-state index contributed by atoms with van der Waals surface area (Å²) in [6.07, 6.45) is 2.03. The molecule has 24 heavy (non-hydrogen) atoms. The van der Waals surface area contributed by atoms with Gasteiger partial charge in [-0.05, 0) is 38.0 Å². The van der Waals surface area contributed by atoms with Gasteiger partial charge in [0.25, 0.3) is 0 Å². The van der Waals surface area contributed by atoms with Crippen LogP contribution in [0.1, 0.15) is 45.6 Å². The van der Waals surface area contributed by atoms with E-state index in [2.05, 4.69) is 5.32 Å². The highest BCUT2D eigenvalue weighted by atomic mass is 16.5. The zero-order valence-corrected chi connectivity index (χ0v) is 15.0. The van der Waals surface area contributed by atoms with Crippen molar-refractivity contribution < 1.29 is 24.2 Å². The van der Waals surface area contributed by atoms with Crippen molar-refractivity contribution >= 4 is 11.9 Å². The predicted octanol–water partition coefficient (Wildman–Crippen LogP) is 2.74. The van der Waals surface area contributed by atoms with E-state index >= 15 is 0 Å². The molecule has 1 atom stereocenters. The van der Waals surface area contributed by atoms with Gasteiger partial charge in [0.1, 0.15) is 6.04 Å². The number of carboxylic acids is 1. The summed E-state index contributed by atoms with van der Waals surface area (Å²) >= 11 is 0. The van der Waals surface area contributed by atoms with Crippen molar-refractivity contribution in [3.05, 3.63) is 23.8 Å². The lowest BCUT2D eigenvalue weighted by atomic mass is 9.83. The molecule has 0 saturated heterocycles. The van der Waals surface area contributed by atoms with Crippen molar-refractivity contribution in [2.24, 2.45) is 0 Å². The molecule has 0 radical (unpaired) electrons. The standard InChI is InChI=1S/C18H27NO5/c1-6-7-8-13(16(20)21)19-17(22)18(2,3)12-9-10-14(23-4)15(11-12)24-5/h9-11,13H,6-8H2,1-5H3,(H,19,22)(H,20,21). The molecule has 0 bridgehead atoms. The molecule has 1 rings (SSSR count). The second kappa shape index (κ2) is 8.57. The normalized spacial score (nSPS) is 12.4. The quantitative estimate of drug-likeness (QED) is 0.724. The number of carboxylic acid groups (broad SMARTS) is 1. The number of carbonyl (C=O) groups excluding carboxylic acids is 1. The maximum Gasteiger partial charge on any atom is 0.326 e. The first-order valence-electron chi connectivity index (χ1n) is 8.04. The molecule has 0 saturated carbocycles. The molecule has 0 aliphatic heterocycles. The molecular weight excluding hydrogens is 310 g/mol. The molecule has 0 heterocycles. The maximum atomic E-state index is 12.7. The molecule has 2 N–H and O–H groups in total. The average Bonchev–Trinajstić information content (AvgIpc) is 2.57. The fourth-order valence-corrected chi connectivity index (χ4v) is 2.36. The molecule has 1 amide bonds. The lowest BCUT2D eigenvalue weighted by molar-refractivity contribution is -0.142. The number of hydrogen-bond acceptors (Lipinski definition) is 4. The number of rotatable bonds is 9. The van der Waals surface area contributed by atoms with Crippen LogP contribution in [-0.2, 0) is 15.0 Å². The third-order valence-corrected chi connectivity index (χ3v) is 4.12. The van der Waals surface area contributed by atoms with Crippen LogP contribution in [0.5, 0.6) is 11.5 Å². The first kappa shape index (κ1) is 19.8. The maximum absolute atomic E-state index is 12.7. The monoisotopic (exact) mass is 337 g/mol. The molecule has 6 nitrogen and oxygen atoms in total. The number of methoxy groups -OCH3 is 2. The Morgan fingerprint density at radius 3 is 2.33 bits per heavy atom. The van der Waals surface area contributed by atoms with Crippen LogP contribution in [0, 0.1) is 0 Å². The first-order chi connectivity index (χ1) is 11.3. The summed E-state index contributed by atoms with van der Waals surface area (Å²) in [4.78, 5) is 24.0. The van der Waals surface area contributed by atoms with Gasteiger partial charge < -0.3 is 19.9 Å². The highest BCUT2D eigenvalue weighted by Crippen LogP contribution is 2.33. The van der Waals surface area contributed by atoms with Gasteiger partial charge in [-0.15, -0.1) is 0 Å². The fraction of sp³-hybridized carbons (Fsp3) is 0.556. The van der Waals surface area contributed by atoms with Gasteiger partial charge in [0.2, 0.25) is 5.91 Å². The molecule has 1 unspecified atom stereocenters. The summed E-state index contributed by atoms with van der Waals surface area (Å²) in [5.41, 5.74) is -0.184. The van der Waals surface area contributed by atoms with Crippen LogP contribution in [0.2, 0.25) is 0 Å². The molecule has 0 fully saturated rings. The van der Waals surface area contributed by atoms with E-state index in [1.165, 1.54) is 7.11 Å². The van der Waals surface area contributed by atoms with Crippen LogP contribution in [0.15, 0.2) is 18.2 Å². The highest BCUT2D eigenvalue weighted by molar-refractivity contribution is 5.91. The van der Waals surface area contributed by atoms with Crippen molar-refractivity contribution in [1.29, 1.82) is 0 Å². The third kappa shape index (κ3) is 4.63. The van der Waals surface area contributed by atoms with Crippen LogP contribution in [-0.4, -0.2) is 37.2 Å². The van der Waals surface area contributed by atoms with Crippen molar-refractivity contribution in [1.82, 2.24) is 5.32 Å². The lowest BCUT2D eigenvalue weighted by Gasteiger charge is -2.27. The summed E-state index contributed by atoms with van der Waals surface area (Å²) in [5.74, 6) is -0.251. The topological polar surface area (TPSA) is 84.9 Å². The minimum atomic E-state index is -1.01. The number of carbonyl (C=O) groups is 2. The van der Waals surface area contributed by atoms with Gasteiger partial charge in [0.05, 0.1) is 19.6 Å². The van der Waals surface area contributed by atoms with Crippen molar-refractivity contribution in [3.63, 3.8) is 0 Å². The largest absolute Gasteiger partial charge is 0.493 e. The van der Waals surface area contributed by atoms with Crippen LogP contribution in [0.4, 0.5) is 0 Å². The minimum Gasteiger partial charge on any atom is -0.493 e. The highest BCUT2D eigenvalue weighted by Gasteiger charge is 2.33. The van der Waals surface area contributed by atoms with E-state index < -0.39 is 17.4 Å². The van der Waals surface area contributed by atoms with Crippen molar-refractivity contribution in [3.8, 4) is 11.5 Å². The van der Waals surface area contributed by atoms with Gasteiger partial charge in [0.15, 0.2) is 11.5 Å². The molecule has 1 aromatic carbocycles. The zero-order chi connectivity index (χ0) is 18.3. The number of amides is 1. The second-order valence-electron chi connectivity index (χ2n) is 6.20. The van der Waals surface area contributed by atoms with E-state index in [1.807, 2.05) is 6.92 Å². The smallest absolute Gasteiger partial charge is 0.326 e. The number of aliphatic carboxylic acids is 1. The van der Waals surface area contributed by atoms with Crippen LogP contribution < -0.4 is 14.8 Å². The lowest BCUT2D eigenvalue weighted by Crippen LogP contribution is -2.48. The summed E-state index contributed by atoms with van der Waals surface area (Å²) in [6, 6.07) is 4.37. The van der Waals surface area contributed by atoms with E-state index in [1.54, 1.807) is 39.2 Å². The molecule has 134 valence electrons. The van der Waals surface area contributed by atoms with Gasteiger partial charge in [-0.25, -0.2) is 4.79 Å². The SMILES string of the molecule is CCCCC(NC(=O)C(C)(C)c1ccc(OC)c(OC)c1)C(=O)O. The average molecular weight is 337 g/mol. The van der Waals surface area contributed by atoms with Gasteiger partial charge in [-0.3, -0.25) is 4.79 Å². The Morgan fingerprint density at radius 2 is 1.83 bits per heavy atom. The molecule has 0 aliphatic carbocycles.